The number of methoxy groups -OCH3 is 2. The van der Waals surface area contributed by atoms with E-state index in [0.29, 0.717) is 27.8 Å². The van der Waals surface area contributed by atoms with E-state index in [1.807, 2.05) is 31.2 Å². The number of nitrogens with zero attached hydrogens (tertiary/aromatic N) is 2. The number of fused-ring (bicyclic) bond motifs is 1. The number of hydrazone groups is 1. The first-order valence-electron chi connectivity index (χ1n) is 8.14. The van der Waals surface area contributed by atoms with Crippen LogP contribution in [0.5, 0.6) is 11.5 Å². The van der Waals surface area contributed by atoms with E-state index in [0.717, 1.165) is 16.5 Å². The van der Waals surface area contributed by atoms with Gasteiger partial charge in [-0.3, -0.25) is 4.79 Å². The van der Waals surface area contributed by atoms with Crippen LogP contribution in [0.4, 0.5) is 0 Å². The topological polar surface area (TPSA) is 72.8 Å². The number of hydrogen-bond donors (Lipinski definition) is 1. The van der Waals surface area contributed by atoms with Crippen molar-refractivity contribution < 1.29 is 14.3 Å². The minimum absolute atomic E-state index is 0.317. The van der Waals surface area contributed by atoms with Crippen LogP contribution in [-0.2, 0) is 0 Å². The SMILES string of the molecule is COc1ccc(C(=O)NN=Cc2cc3ccc(C)cc3nc2Cl)cc1OC. The Bertz CT molecular complexity index is 1030. The summed E-state index contributed by atoms with van der Waals surface area (Å²) in [5.74, 6) is 0.626. The molecule has 7 heteroatoms. The number of pyridine rings is 1. The number of ether oxygens (including phenoxy) is 2. The van der Waals surface area contributed by atoms with Crippen molar-refractivity contribution in [3.63, 3.8) is 0 Å². The molecular weight excluding hydrogens is 366 g/mol. The number of aryl methyl sites for hydroxylation is 1. The summed E-state index contributed by atoms with van der Waals surface area (Å²) in [6.45, 7) is 1.99. The van der Waals surface area contributed by atoms with Crippen molar-refractivity contribution >= 4 is 34.6 Å². The van der Waals surface area contributed by atoms with Gasteiger partial charge in [0.1, 0.15) is 5.15 Å². The molecule has 3 rings (SSSR count). The molecule has 0 unspecified atom stereocenters. The summed E-state index contributed by atoms with van der Waals surface area (Å²) in [7, 11) is 3.04. The molecule has 0 saturated heterocycles. The molecule has 0 spiro atoms. The lowest BCUT2D eigenvalue weighted by molar-refractivity contribution is 0.0954. The van der Waals surface area contributed by atoms with Gasteiger partial charge in [-0.2, -0.15) is 5.10 Å². The van der Waals surface area contributed by atoms with E-state index in [-0.39, 0.29) is 5.91 Å². The molecule has 1 aromatic heterocycles. The predicted molar refractivity (Wildman–Crippen MR) is 106 cm³/mol. The second-order valence-electron chi connectivity index (χ2n) is 5.83. The van der Waals surface area contributed by atoms with E-state index < -0.39 is 0 Å². The second kappa shape index (κ2) is 8.05. The zero-order valence-corrected chi connectivity index (χ0v) is 15.9. The molecule has 1 amide bonds. The summed E-state index contributed by atoms with van der Waals surface area (Å²) < 4.78 is 10.4. The molecule has 0 aliphatic heterocycles. The third-order valence-electron chi connectivity index (χ3n) is 3.97. The van der Waals surface area contributed by atoms with Gasteiger partial charge in [-0.05, 0) is 42.8 Å². The summed E-state index contributed by atoms with van der Waals surface area (Å²) in [6.07, 6.45) is 1.47. The van der Waals surface area contributed by atoms with Crippen LogP contribution in [0.3, 0.4) is 0 Å². The van der Waals surface area contributed by atoms with Crippen molar-refractivity contribution in [2.45, 2.75) is 6.92 Å². The van der Waals surface area contributed by atoms with Gasteiger partial charge in [0, 0.05) is 16.5 Å². The molecule has 0 aliphatic rings. The zero-order valence-electron chi connectivity index (χ0n) is 15.1. The second-order valence-corrected chi connectivity index (χ2v) is 6.19. The number of hydrogen-bond acceptors (Lipinski definition) is 5. The number of amides is 1. The fraction of sp³-hybridized carbons (Fsp3) is 0.150. The average molecular weight is 384 g/mol. The van der Waals surface area contributed by atoms with Crippen molar-refractivity contribution in [3.8, 4) is 11.5 Å². The minimum Gasteiger partial charge on any atom is -0.493 e. The van der Waals surface area contributed by atoms with Gasteiger partial charge < -0.3 is 9.47 Å². The lowest BCUT2D eigenvalue weighted by Gasteiger charge is -2.08. The average Bonchev–Trinajstić information content (AvgIpc) is 2.67. The third kappa shape index (κ3) is 4.17. The number of benzene rings is 2. The van der Waals surface area contributed by atoms with Crippen LogP contribution in [0.15, 0.2) is 47.6 Å². The van der Waals surface area contributed by atoms with E-state index in [9.17, 15) is 4.79 Å². The Morgan fingerprint density at radius 2 is 1.89 bits per heavy atom. The first-order chi connectivity index (χ1) is 13.0. The number of rotatable bonds is 5. The fourth-order valence-corrected chi connectivity index (χ4v) is 2.76. The molecule has 3 aromatic rings. The van der Waals surface area contributed by atoms with Crippen molar-refractivity contribution in [2.24, 2.45) is 5.10 Å². The van der Waals surface area contributed by atoms with Gasteiger partial charge in [0.15, 0.2) is 11.5 Å². The van der Waals surface area contributed by atoms with E-state index in [1.165, 1.54) is 20.4 Å². The molecule has 1 heterocycles. The molecule has 27 heavy (non-hydrogen) atoms. The predicted octanol–water partition coefficient (Wildman–Crippen LogP) is 3.98. The van der Waals surface area contributed by atoms with E-state index >= 15 is 0 Å². The molecule has 2 aromatic carbocycles. The van der Waals surface area contributed by atoms with Crippen LogP contribution in [0.1, 0.15) is 21.5 Å². The van der Waals surface area contributed by atoms with Gasteiger partial charge in [-0.25, -0.2) is 10.4 Å². The molecule has 0 atom stereocenters. The maximum atomic E-state index is 12.3. The minimum atomic E-state index is -0.382. The lowest BCUT2D eigenvalue weighted by atomic mass is 10.1. The standard InChI is InChI=1S/C20H18ClN3O3/c1-12-4-5-13-9-15(19(21)23-16(13)8-12)11-22-24-20(25)14-6-7-17(26-2)18(10-14)27-3/h4-11H,1-3H3,(H,24,25). The summed E-state index contributed by atoms with van der Waals surface area (Å²) >= 11 is 6.22. The summed E-state index contributed by atoms with van der Waals surface area (Å²) in [5, 5.41) is 5.24. The zero-order chi connectivity index (χ0) is 19.4. The van der Waals surface area contributed by atoms with E-state index in [4.69, 9.17) is 21.1 Å². The number of halogens is 1. The van der Waals surface area contributed by atoms with Crippen LogP contribution in [-0.4, -0.2) is 31.3 Å². The van der Waals surface area contributed by atoms with Crippen LogP contribution in [0, 0.1) is 6.92 Å². The van der Waals surface area contributed by atoms with Crippen molar-refractivity contribution in [3.05, 3.63) is 64.3 Å². The highest BCUT2D eigenvalue weighted by atomic mass is 35.5. The summed E-state index contributed by atoms with van der Waals surface area (Å²) in [6, 6.07) is 12.7. The van der Waals surface area contributed by atoms with Crippen LogP contribution in [0.25, 0.3) is 10.9 Å². The number of aromatic nitrogens is 1. The Balaban J connectivity index is 1.77. The molecule has 0 saturated carbocycles. The Morgan fingerprint density at radius 1 is 1.11 bits per heavy atom. The molecule has 0 radical (unpaired) electrons. The van der Waals surface area contributed by atoms with Gasteiger partial charge in [0.2, 0.25) is 0 Å². The molecular formula is C20H18ClN3O3. The highest BCUT2D eigenvalue weighted by Crippen LogP contribution is 2.27. The Labute approximate surface area is 161 Å². The van der Waals surface area contributed by atoms with Gasteiger partial charge in [-0.15, -0.1) is 0 Å². The maximum absolute atomic E-state index is 12.3. The quantitative estimate of drug-likeness (QED) is 0.411. The van der Waals surface area contributed by atoms with Crippen molar-refractivity contribution in [1.29, 1.82) is 0 Å². The first-order valence-corrected chi connectivity index (χ1v) is 8.52. The van der Waals surface area contributed by atoms with Gasteiger partial charge >= 0.3 is 0 Å². The smallest absolute Gasteiger partial charge is 0.271 e. The third-order valence-corrected chi connectivity index (χ3v) is 4.27. The van der Waals surface area contributed by atoms with Crippen LogP contribution in [0.2, 0.25) is 5.15 Å². The largest absolute Gasteiger partial charge is 0.493 e. The van der Waals surface area contributed by atoms with E-state index in [2.05, 4.69) is 15.5 Å². The lowest BCUT2D eigenvalue weighted by Crippen LogP contribution is -2.17. The maximum Gasteiger partial charge on any atom is 0.271 e. The highest BCUT2D eigenvalue weighted by Gasteiger charge is 2.10. The molecule has 0 fully saturated rings. The Kier molecular flexibility index (Phi) is 5.57. The molecule has 0 aliphatic carbocycles. The first kappa shape index (κ1) is 18.7. The van der Waals surface area contributed by atoms with Crippen molar-refractivity contribution in [2.75, 3.05) is 14.2 Å². The molecule has 1 N–H and O–H groups in total. The van der Waals surface area contributed by atoms with Crippen LogP contribution < -0.4 is 14.9 Å². The molecule has 6 nitrogen and oxygen atoms in total. The van der Waals surface area contributed by atoms with Crippen LogP contribution >= 0.6 is 11.6 Å². The summed E-state index contributed by atoms with van der Waals surface area (Å²) in [5.41, 5.74) is 5.39. The van der Waals surface area contributed by atoms with Gasteiger partial charge in [0.25, 0.3) is 5.91 Å². The Hall–Kier alpha value is -3.12. The number of carbonyl (C=O) groups excluding carboxylic acids is 1. The molecule has 0 bridgehead atoms. The number of carbonyl (C=O) groups is 1. The number of nitrogens with one attached hydrogen (secondary N) is 1. The monoisotopic (exact) mass is 383 g/mol. The fourth-order valence-electron chi connectivity index (χ4n) is 2.56. The van der Waals surface area contributed by atoms with Gasteiger partial charge in [-0.1, -0.05) is 23.7 Å². The van der Waals surface area contributed by atoms with Crippen molar-refractivity contribution in [1.82, 2.24) is 10.4 Å². The summed E-state index contributed by atoms with van der Waals surface area (Å²) in [4.78, 5) is 16.6. The normalized spacial score (nSPS) is 11.0. The Morgan fingerprint density at radius 3 is 2.63 bits per heavy atom. The van der Waals surface area contributed by atoms with E-state index in [1.54, 1.807) is 18.2 Å². The van der Waals surface area contributed by atoms with Gasteiger partial charge in [0.05, 0.1) is 26.0 Å². The molecule has 138 valence electrons. The highest BCUT2D eigenvalue weighted by molar-refractivity contribution is 6.32.